The van der Waals surface area contributed by atoms with Gasteiger partial charge in [0, 0.05) is 31.8 Å². The number of amides is 2. The van der Waals surface area contributed by atoms with Gasteiger partial charge in [-0.05, 0) is 12.8 Å². The molecule has 1 saturated carbocycles. The molecule has 2 rings (SSSR count). The summed E-state index contributed by atoms with van der Waals surface area (Å²) in [6.07, 6.45) is 4.05. The minimum Gasteiger partial charge on any atom is -0.378 e. The van der Waals surface area contributed by atoms with Crippen molar-refractivity contribution in [1.82, 2.24) is 10.2 Å². The lowest BCUT2D eigenvalue weighted by Crippen LogP contribution is -2.46. The van der Waals surface area contributed by atoms with Gasteiger partial charge in [0.1, 0.15) is 0 Å². The predicted octanol–water partition coefficient (Wildman–Crippen LogP) is 0.842. The third kappa shape index (κ3) is 3.67. The van der Waals surface area contributed by atoms with Crippen molar-refractivity contribution in [2.24, 2.45) is 5.41 Å². The Balaban J connectivity index is 1.97. The zero-order valence-corrected chi connectivity index (χ0v) is 12.8. The molecule has 0 aromatic heterocycles. The van der Waals surface area contributed by atoms with Crippen LogP contribution in [0.3, 0.4) is 0 Å². The second-order valence-electron chi connectivity index (χ2n) is 5.64. The maximum atomic E-state index is 12.4. The van der Waals surface area contributed by atoms with Gasteiger partial charge in [-0.3, -0.25) is 9.59 Å². The van der Waals surface area contributed by atoms with Crippen molar-refractivity contribution in [3.8, 4) is 0 Å². The predicted molar refractivity (Wildman–Crippen MR) is 79.8 cm³/mol. The molecule has 20 heavy (non-hydrogen) atoms. The fourth-order valence-corrected chi connectivity index (χ4v) is 3.22. The number of morpholine rings is 1. The van der Waals surface area contributed by atoms with Crippen LogP contribution in [0.1, 0.15) is 32.1 Å². The Kier molecular flexibility index (Phi) is 5.72. The van der Waals surface area contributed by atoms with Gasteiger partial charge in [0.15, 0.2) is 0 Å². The second-order valence-corrected chi connectivity index (χ2v) is 6.08. The van der Waals surface area contributed by atoms with E-state index in [2.05, 4.69) is 17.9 Å². The zero-order chi connectivity index (χ0) is 14.4. The molecular weight excluding hydrogens is 276 g/mol. The summed E-state index contributed by atoms with van der Waals surface area (Å²) in [5, 5.41) is 2.91. The lowest BCUT2D eigenvalue weighted by molar-refractivity contribution is -0.143. The molecule has 0 aromatic carbocycles. The number of rotatable bonds is 5. The van der Waals surface area contributed by atoms with E-state index in [-0.39, 0.29) is 11.8 Å². The molecule has 114 valence electrons. The van der Waals surface area contributed by atoms with Crippen molar-refractivity contribution in [3.05, 3.63) is 0 Å². The molecule has 0 atom stereocenters. The number of hydrogen-bond donors (Lipinski definition) is 2. The van der Waals surface area contributed by atoms with E-state index in [4.69, 9.17) is 4.74 Å². The average Bonchev–Trinajstić information content (AvgIpc) is 2.95. The highest BCUT2D eigenvalue weighted by atomic mass is 32.1. The summed E-state index contributed by atoms with van der Waals surface area (Å²) in [6.45, 7) is 3.06. The summed E-state index contributed by atoms with van der Waals surface area (Å²) in [5.74, 6) is 0.751. The molecule has 1 aliphatic carbocycles. The Morgan fingerprint density at radius 3 is 2.45 bits per heavy atom. The van der Waals surface area contributed by atoms with Crippen molar-refractivity contribution in [2.45, 2.75) is 32.1 Å². The molecule has 6 heteroatoms. The fourth-order valence-electron chi connectivity index (χ4n) is 3.11. The number of ether oxygens (including phenoxy) is 1. The molecule has 1 aliphatic heterocycles. The van der Waals surface area contributed by atoms with Gasteiger partial charge in [-0.25, -0.2) is 0 Å². The van der Waals surface area contributed by atoms with E-state index in [0.29, 0.717) is 45.0 Å². The zero-order valence-electron chi connectivity index (χ0n) is 11.9. The third-order valence-corrected chi connectivity index (χ3v) is 4.52. The standard InChI is InChI=1S/C14H24N2O3S/c17-12(16-6-8-19-9-7-16)11-14(3-1-2-4-14)13(18)15-5-10-20/h20H,1-11H2,(H,15,18). The second kappa shape index (κ2) is 7.31. The summed E-state index contributed by atoms with van der Waals surface area (Å²) in [7, 11) is 0. The lowest BCUT2D eigenvalue weighted by Gasteiger charge is -2.32. The highest BCUT2D eigenvalue weighted by molar-refractivity contribution is 7.80. The first-order valence-corrected chi connectivity index (χ1v) is 8.06. The maximum Gasteiger partial charge on any atom is 0.226 e. The number of hydrogen-bond acceptors (Lipinski definition) is 4. The highest BCUT2D eigenvalue weighted by Gasteiger charge is 2.43. The minimum atomic E-state index is -0.488. The Morgan fingerprint density at radius 2 is 1.85 bits per heavy atom. The van der Waals surface area contributed by atoms with Crippen LogP contribution in [0.25, 0.3) is 0 Å². The molecule has 1 N–H and O–H groups in total. The van der Waals surface area contributed by atoms with Gasteiger partial charge in [0.2, 0.25) is 11.8 Å². The topological polar surface area (TPSA) is 58.6 Å². The molecule has 2 aliphatic rings. The molecule has 0 aromatic rings. The van der Waals surface area contributed by atoms with Crippen molar-refractivity contribution in [2.75, 3.05) is 38.6 Å². The molecular formula is C14H24N2O3S. The molecule has 2 fully saturated rings. The SMILES string of the molecule is O=C(CC1(C(=O)NCCS)CCCC1)N1CCOCC1. The van der Waals surface area contributed by atoms with Gasteiger partial charge in [-0.2, -0.15) is 12.6 Å². The largest absolute Gasteiger partial charge is 0.378 e. The first-order valence-electron chi connectivity index (χ1n) is 7.43. The summed E-state index contributed by atoms with van der Waals surface area (Å²) < 4.78 is 5.26. The molecule has 2 amide bonds. The minimum absolute atomic E-state index is 0.0330. The van der Waals surface area contributed by atoms with E-state index in [1.807, 2.05) is 4.90 Å². The van der Waals surface area contributed by atoms with Gasteiger partial charge >= 0.3 is 0 Å². The molecule has 0 bridgehead atoms. The summed E-state index contributed by atoms with van der Waals surface area (Å²) >= 11 is 4.11. The number of carbonyl (C=O) groups is 2. The van der Waals surface area contributed by atoms with Crippen LogP contribution in [0, 0.1) is 5.41 Å². The van der Waals surface area contributed by atoms with Crippen LogP contribution in [0.4, 0.5) is 0 Å². The van der Waals surface area contributed by atoms with E-state index in [0.717, 1.165) is 25.7 Å². The van der Waals surface area contributed by atoms with Crippen molar-refractivity contribution < 1.29 is 14.3 Å². The number of nitrogens with zero attached hydrogens (tertiary/aromatic N) is 1. The Labute approximate surface area is 125 Å². The normalized spacial score (nSPS) is 21.8. The van der Waals surface area contributed by atoms with Gasteiger partial charge < -0.3 is 15.0 Å². The molecule has 0 spiro atoms. The van der Waals surface area contributed by atoms with E-state index in [9.17, 15) is 9.59 Å². The van der Waals surface area contributed by atoms with E-state index >= 15 is 0 Å². The van der Waals surface area contributed by atoms with Crippen LogP contribution in [-0.2, 0) is 14.3 Å². The van der Waals surface area contributed by atoms with E-state index in [1.54, 1.807) is 0 Å². The van der Waals surface area contributed by atoms with Crippen LogP contribution in [0.15, 0.2) is 0 Å². The summed E-state index contributed by atoms with van der Waals surface area (Å²) in [6, 6.07) is 0. The quantitative estimate of drug-likeness (QED) is 0.740. The van der Waals surface area contributed by atoms with Gasteiger partial charge in [-0.1, -0.05) is 12.8 Å². The fraction of sp³-hybridized carbons (Fsp3) is 0.857. The van der Waals surface area contributed by atoms with Crippen LogP contribution < -0.4 is 5.32 Å². The Hall–Kier alpha value is -0.750. The number of nitrogens with one attached hydrogen (secondary N) is 1. The molecule has 0 radical (unpaired) electrons. The lowest BCUT2D eigenvalue weighted by atomic mass is 9.81. The van der Waals surface area contributed by atoms with Gasteiger partial charge in [-0.15, -0.1) is 0 Å². The summed E-state index contributed by atoms with van der Waals surface area (Å²) in [5.41, 5.74) is -0.488. The Morgan fingerprint density at radius 1 is 1.20 bits per heavy atom. The smallest absolute Gasteiger partial charge is 0.226 e. The Bertz CT molecular complexity index is 350. The van der Waals surface area contributed by atoms with Crippen LogP contribution in [0.2, 0.25) is 0 Å². The van der Waals surface area contributed by atoms with Gasteiger partial charge in [0.05, 0.1) is 18.6 Å². The first kappa shape index (κ1) is 15.6. The van der Waals surface area contributed by atoms with Gasteiger partial charge in [0.25, 0.3) is 0 Å². The third-order valence-electron chi connectivity index (χ3n) is 4.29. The molecule has 1 saturated heterocycles. The summed E-state index contributed by atoms with van der Waals surface area (Å²) in [4.78, 5) is 26.6. The monoisotopic (exact) mass is 300 g/mol. The maximum absolute atomic E-state index is 12.4. The highest BCUT2D eigenvalue weighted by Crippen LogP contribution is 2.41. The number of carbonyl (C=O) groups excluding carboxylic acids is 2. The van der Waals surface area contributed by atoms with E-state index in [1.165, 1.54) is 0 Å². The molecule has 0 unspecified atom stereocenters. The van der Waals surface area contributed by atoms with Crippen molar-refractivity contribution in [1.29, 1.82) is 0 Å². The van der Waals surface area contributed by atoms with Crippen molar-refractivity contribution >= 4 is 24.4 Å². The van der Waals surface area contributed by atoms with Crippen molar-refractivity contribution in [3.63, 3.8) is 0 Å². The average molecular weight is 300 g/mol. The van der Waals surface area contributed by atoms with Crippen LogP contribution in [0.5, 0.6) is 0 Å². The first-order chi connectivity index (χ1) is 9.68. The molecule has 5 nitrogen and oxygen atoms in total. The van der Waals surface area contributed by atoms with Crippen LogP contribution in [-0.4, -0.2) is 55.3 Å². The van der Waals surface area contributed by atoms with Crippen LogP contribution >= 0.6 is 12.6 Å². The molecule has 1 heterocycles. The van der Waals surface area contributed by atoms with E-state index < -0.39 is 5.41 Å². The number of thiol groups is 1.